The zero-order chi connectivity index (χ0) is 14.0. The van der Waals surface area contributed by atoms with Gasteiger partial charge in [-0.15, -0.1) is 0 Å². The van der Waals surface area contributed by atoms with Gasteiger partial charge in [0, 0.05) is 6.04 Å². The summed E-state index contributed by atoms with van der Waals surface area (Å²) in [5, 5.41) is -0.468. The van der Waals surface area contributed by atoms with E-state index in [0.717, 1.165) is 12.8 Å². The second-order valence-corrected chi connectivity index (χ2v) is 7.51. The summed E-state index contributed by atoms with van der Waals surface area (Å²) in [5.74, 6) is 1.07. The van der Waals surface area contributed by atoms with Gasteiger partial charge in [-0.25, -0.2) is 8.42 Å². The zero-order valence-electron chi connectivity index (χ0n) is 11.4. The van der Waals surface area contributed by atoms with E-state index in [4.69, 9.17) is 10.5 Å². The molecule has 0 heterocycles. The minimum Gasteiger partial charge on any atom is -0.497 e. The molecule has 19 heavy (non-hydrogen) atoms. The van der Waals surface area contributed by atoms with Crippen molar-refractivity contribution in [2.45, 2.75) is 42.4 Å². The molecule has 0 aliphatic heterocycles. The van der Waals surface area contributed by atoms with E-state index in [9.17, 15) is 8.42 Å². The van der Waals surface area contributed by atoms with Crippen LogP contribution in [0.25, 0.3) is 0 Å². The molecule has 3 atom stereocenters. The van der Waals surface area contributed by atoms with E-state index < -0.39 is 15.1 Å². The number of hydrogen-bond acceptors (Lipinski definition) is 4. The Kier molecular flexibility index (Phi) is 4.16. The van der Waals surface area contributed by atoms with Crippen LogP contribution in [0.3, 0.4) is 0 Å². The average Bonchev–Trinajstić information content (AvgIpc) is 2.41. The van der Waals surface area contributed by atoms with Gasteiger partial charge in [0.15, 0.2) is 9.84 Å². The summed E-state index contributed by atoms with van der Waals surface area (Å²) >= 11 is 0. The first-order chi connectivity index (χ1) is 8.95. The van der Waals surface area contributed by atoms with Crippen LogP contribution < -0.4 is 10.5 Å². The summed E-state index contributed by atoms with van der Waals surface area (Å²) in [5.41, 5.74) is 6.02. The third kappa shape index (κ3) is 2.92. The first-order valence-corrected chi connectivity index (χ1v) is 8.13. The van der Waals surface area contributed by atoms with Crippen LogP contribution in [0.4, 0.5) is 0 Å². The quantitative estimate of drug-likeness (QED) is 0.921. The van der Waals surface area contributed by atoms with Crippen LogP contribution in [0, 0.1) is 5.92 Å². The van der Waals surface area contributed by atoms with Crippen LogP contribution >= 0.6 is 0 Å². The van der Waals surface area contributed by atoms with Crippen molar-refractivity contribution < 1.29 is 13.2 Å². The lowest BCUT2D eigenvalue weighted by Gasteiger charge is -2.32. The summed E-state index contributed by atoms with van der Waals surface area (Å²) < 4.78 is 30.3. The minimum atomic E-state index is -3.35. The number of rotatable bonds is 3. The molecular weight excluding hydrogens is 262 g/mol. The minimum absolute atomic E-state index is 0.261. The van der Waals surface area contributed by atoms with Gasteiger partial charge >= 0.3 is 0 Å². The van der Waals surface area contributed by atoms with Gasteiger partial charge < -0.3 is 10.5 Å². The van der Waals surface area contributed by atoms with Crippen LogP contribution in [-0.4, -0.2) is 26.8 Å². The topological polar surface area (TPSA) is 69.4 Å². The molecule has 0 radical (unpaired) electrons. The molecule has 0 amide bonds. The van der Waals surface area contributed by atoms with Gasteiger partial charge in [0.25, 0.3) is 0 Å². The fourth-order valence-electron chi connectivity index (χ4n) is 2.65. The molecule has 1 aromatic rings. The molecule has 4 nitrogen and oxygen atoms in total. The Labute approximate surface area is 114 Å². The molecule has 5 heteroatoms. The summed E-state index contributed by atoms with van der Waals surface area (Å²) in [6.45, 7) is 2.09. The molecule has 1 aromatic carbocycles. The lowest BCUT2D eigenvalue weighted by Crippen LogP contribution is -2.44. The molecule has 2 rings (SSSR count). The Morgan fingerprint density at radius 1 is 1.21 bits per heavy atom. The third-order valence-corrected chi connectivity index (χ3v) is 6.16. The van der Waals surface area contributed by atoms with Crippen molar-refractivity contribution in [1.29, 1.82) is 0 Å². The number of hydrogen-bond donors (Lipinski definition) is 1. The van der Waals surface area contributed by atoms with Gasteiger partial charge in [0.1, 0.15) is 5.75 Å². The van der Waals surface area contributed by atoms with Crippen LogP contribution in [0.2, 0.25) is 0 Å². The van der Waals surface area contributed by atoms with Gasteiger partial charge in [-0.3, -0.25) is 0 Å². The molecule has 3 unspecified atom stereocenters. The van der Waals surface area contributed by atoms with E-state index in [2.05, 4.69) is 6.92 Å². The second kappa shape index (κ2) is 5.51. The fraction of sp³-hybridized carbons (Fsp3) is 0.571. The summed E-state index contributed by atoms with van der Waals surface area (Å²) in [6, 6.07) is 6.28. The Hall–Kier alpha value is -1.07. The molecule has 1 aliphatic carbocycles. The SMILES string of the molecule is COc1ccc(S(=O)(=O)C2CC(C)CCC2N)cc1. The maximum atomic E-state index is 12.6. The Morgan fingerprint density at radius 3 is 2.42 bits per heavy atom. The van der Waals surface area contributed by atoms with Gasteiger partial charge in [-0.05, 0) is 49.4 Å². The normalized spacial score (nSPS) is 28.1. The highest BCUT2D eigenvalue weighted by atomic mass is 32.2. The molecule has 106 valence electrons. The van der Waals surface area contributed by atoms with Crippen LogP contribution in [-0.2, 0) is 9.84 Å². The number of methoxy groups -OCH3 is 1. The molecule has 0 saturated heterocycles. The molecule has 2 N–H and O–H groups in total. The van der Waals surface area contributed by atoms with Gasteiger partial charge in [0.05, 0.1) is 17.3 Å². The van der Waals surface area contributed by atoms with E-state index in [1.54, 1.807) is 31.4 Å². The Balaban J connectivity index is 2.29. The first-order valence-electron chi connectivity index (χ1n) is 6.58. The predicted molar refractivity (Wildman–Crippen MR) is 75.0 cm³/mol. The molecule has 1 saturated carbocycles. The Bertz CT molecular complexity index is 524. The van der Waals surface area contributed by atoms with Crippen molar-refractivity contribution in [2.24, 2.45) is 11.7 Å². The zero-order valence-corrected chi connectivity index (χ0v) is 12.2. The highest BCUT2D eigenvalue weighted by Gasteiger charge is 2.36. The molecular formula is C14H21NO3S. The van der Waals surface area contributed by atoms with E-state index in [-0.39, 0.29) is 6.04 Å². The summed E-state index contributed by atoms with van der Waals surface area (Å²) in [7, 11) is -1.79. The molecule has 0 bridgehead atoms. The van der Waals surface area contributed by atoms with Crippen molar-refractivity contribution >= 4 is 9.84 Å². The smallest absolute Gasteiger partial charge is 0.182 e. The number of sulfone groups is 1. The number of benzene rings is 1. The third-order valence-electron chi connectivity index (χ3n) is 3.89. The van der Waals surface area contributed by atoms with Crippen LogP contribution in [0.5, 0.6) is 5.75 Å². The van der Waals surface area contributed by atoms with E-state index >= 15 is 0 Å². The van der Waals surface area contributed by atoms with Crippen LogP contribution in [0.1, 0.15) is 26.2 Å². The predicted octanol–water partition coefficient (Wildman–Crippen LogP) is 1.98. The summed E-state index contributed by atoms with van der Waals surface area (Å²) in [6.07, 6.45) is 2.44. The highest BCUT2D eigenvalue weighted by molar-refractivity contribution is 7.92. The van der Waals surface area contributed by atoms with Crippen molar-refractivity contribution in [2.75, 3.05) is 7.11 Å². The largest absolute Gasteiger partial charge is 0.497 e. The lowest BCUT2D eigenvalue weighted by molar-refractivity contribution is 0.346. The van der Waals surface area contributed by atoms with Crippen molar-refractivity contribution in [3.63, 3.8) is 0 Å². The maximum absolute atomic E-state index is 12.6. The lowest BCUT2D eigenvalue weighted by atomic mass is 9.87. The van der Waals surface area contributed by atoms with Gasteiger partial charge in [-0.1, -0.05) is 6.92 Å². The second-order valence-electron chi connectivity index (χ2n) is 5.34. The van der Waals surface area contributed by atoms with Crippen molar-refractivity contribution in [3.05, 3.63) is 24.3 Å². The molecule has 1 aliphatic rings. The van der Waals surface area contributed by atoms with E-state index in [1.165, 1.54) is 0 Å². The molecule has 0 spiro atoms. The monoisotopic (exact) mass is 283 g/mol. The molecule has 0 aromatic heterocycles. The first kappa shape index (κ1) is 14.3. The van der Waals surface area contributed by atoms with Crippen molar-refractivity contribution in [1.82, 2.24) is 0 Å². The average molecular weight is 283 g/mol. The summed E-state index contributed by atoms with van der Waals surface area (Å²) in [4.78, 5) is 0.336. The molecule has 1 fully saturated rings. The van der Waals surface area contributed by atoms with E-state index in [1.807, 2.05) is 0 Å². The maximum Gasteiger partial charge on any atom is 0.182 e. The highest BCUT2D eigenvalue weighted by Crippen LogP contribution is 2.31. The standard InChI is InChI=1S/C14H21NO3S/c1-10-3-8-13(15)14(9-10)19(16,17)12-6-4-11(18-2)5-7-12/h4-7,10,13-14H,3,8-9,15H2,1-2H3. The van der Waals surface area contributed by atoms with Gasteiger partial charge in [0.2, 0.25) is 0 Å². The Morgan fingerprint density at radius 2 is 1.84 bits per heavy atom. The van der Waals surface area contributed by atoms with E-state index in [0.29, 0.717) is 23.0 Å². The number of nitrogens with two attached hydrogens (primary N) is 1. The van der Waals surface area contributed by atoms with Crippen LogP contribution in [0.15, 0.2) is 29.2 Å². The fourth-order valence-corrected chi connectivity index (χ4v) is 4.69. The van der Waals surface area contributed by atoms with Crippen molar-refractivity contribution in [3.8, 4) is 5.75 Å². The van der Waals surface area contributed by atoms with Gasteiger partial charge in [-0.2, -0.15) is 0 Å². The number of ether oxygens (including phenoxy) is 1.